The zero-order chi connectivity index (χ0) is 30.8. The van der Waals surface area contributed by atoms with Gasteiger partial charge in [-0.1, -0.05) is 59.7 Å². The van der Waals surface area contributed by atoms with Crippen molar-refractivity contribution < 1.29 is 24.5 Å². The van der Waals surface area contributed by atoms with Gasteiger partial charge in [0.05, 0.1) is 29.7 Å². The molecule has 2 aliphatic heterocycles. The van der Waals surface area contributed by atoms with Crippen molar-refractivity contribution in [2.24, 2.45) is 22.7 Å². The zero-order valence-electron chi connectivity index (χ0n) is 26.1. The number of fused-ring (bicyclic) bond motifs is 1. The first kappa shape index (κ1) is 34.1. The minimum absolute atomic E-state index is 0.0734. The molecule has 8 atom stereocenters. The molecule has 2 saturated heterocycles. The third-order valence-corrected chi connectivity index (χ3v) is 11.7. The van der Waals surface area contributed by atoms with E-state index in [0.29, 0.717) is 19.3 Å². The standard InChI is InChI=1S/C32H50N2O5S2/c1-10-11-15-34-23-16-25(30(4,5)18-22-19-41-29(33-22)40-9)39-26(36)17-24(35)31(6,7)28(38)21(3)27(37)20(2)13-12-14-32(23,34)8/h1,19-21,23-25,27,35,37H,11-18H2,2-9H3/t20-,21+,23-,24-,25-,27-,32+,34?/m0/s1. The van der Waals surface area contributed by atoms with Gasteiger partial charge in [0.25, 0.3) is 0 Å². The van der Waals surface area contributed by atoms with Crippen LogP contribution < -0.4 is 0 Å². The number of hydrogen-bond donors (Lipinski definition) is 2. The van der Waals surface area contributed by atoms with Gasteiger partial charge in [-0.2, -0.15) is 0 Å². The lowest BCUT2D eigenvalue weighted by molar-refractivity contribution is -0.161. The Bertz CT molecular complexity index is 1110. The van der Waals surface area contributed by atoms with Crippen LogP contribution in [0.5, 0.6) is 0 Å². The Kier molecular flexibility index (Phi) is 11.2. The first-order chi connectivity index (χ1) is 19.1. The maximum absolute atomic E-state index is 13.4. The molecule has 2 N–H and O–H groups in total. The van der Waals surface area contributed by atoms with Crippen LogP contribution in [0.2, 0.25) is 0 Å². The number of thioether (sulfide) groups is 1. The molecule has 1 aromatic rings. The lowest BCUT2D eigenvalue weighted by Gasteiger charge is -2.36. The molecule has 0 amide bonds. The molecule has 0 saturated carbocycles. The number of aromatic nitrogens is 1. The topological polar surface area (TPSA) is 99.7 Å². The van der Waals surface area contributed by atoms with Gasteiger partial charge in [-0.25, -0.2) is 4.98 Å². The number of ketones is 1. The lowest BCUT2D eigenvalue weighted by Crippen LogP contribution is -2.46. The van der Waals surface area contributed by atoms with Gasteiger partial charge in [-0.15, -0.1) is 23.7 Å². The normalized spacial score (nSPS) is 35.3. The average Bonchev–Trinajstić information content (AvgIpc) is 3.20. The van der Waals surface area contributed by atoms with E-state index in [2.05, 4.69) is 37.0 Å². The van der Waals surface area contributed by atoms with Crippen molar-refractivity contribution in [2.45, 2.75) is 128 Å². The number of terminal acetylenes is 1. The summed E-state index contributed by atoms with van der Waals surface area (Å²) in [5.74, 6) is 1.26. The minimum Gasteiger partial charge on any atom is -0.462 e. The number of nitrogens with zero attached hydrogens (tertiary/aromatic N) is 2. The molecule has 0 radical (unpaired) electrons. The average molecular weight is 607 g/mol. The highest BCUT2D eigenvalue weighted by Gasteiger charge is 2.59. The maximum Gasteiger partial charge on any atom is 0.308 e. The minimum atomic E-state index is -1.23. The molecule has 0 aliphatic carbocycles. The predicted octanol–water partition coefficient (Wildman–Crippen LogP) is 5.37. The summed E-state index contributed by atoms with van der Waals surface area (Å²) in [6.07, 6.45) is 9.42. The summed E-state index contributed by atoms with van der Waals surface area (Å²) < 4.78 is 7.23. The molecule has 0 aromatic carbocycles. The molecule has 230 valence electrons. The van der Waals surface area contributed by atoms with E-state index >= 15 is 0 Å². The van der Waals surface area contributed by atoms with E-state index in [1.807, 2.05) is 13.2 Å². The number of carbonyl (C=O) groups excluding carboxylic acids is 2. The summed E-state index contributed by atoms with van der Waals surface area (Å²) in [4.78, 5) is 34.0. The number of Topliss-reactive ketones (excluding diaryl/α,β-unsaturated/α-hetero) is 1. The van der Waals surface area contributed by atoms with Gasteiger partial charge in [0.1, 0.15) is 16.2 Å². The summed E-state index contributed by atoms with van der Waals surface area (Å²) in [5, 5.41) is 24.2. The van der Waals surface area contributed by atoms with Crippen LogP contribution in [0.3, 0.4) is 0 Å². The molecule has 9 heteroatoms. The van der Waals surface area contributed by atoms with Crippen molar-refractivity contribution in [3.63, 3.8) is 0 Å². The molecule has 1 aromatic heterocycles. The Morgan fingerprint density at radius 2 is 1.95 bits per heavy atom. The van der Waals surface area contributed by atoms with E-state index in [1.165, 1.54) is 0 Å². The second-order valence-corrected chi connectivity index (χ2v) is 15.6. The van der Waals surface area contributed by atoms with Crippen LogP contribution in [0, 0.1) is 35.0 Å². The number of carbonyl (C=O) groups is 2. The predicted molar refractivity (Wildman–Crippen MR) is 166 cm³/mol. The van der Waals surface area contributed by atoms with Crippen molar-refractivity contribution in [2.75, 3.05) is 12.8 Å². The van der Waals surface area contributed by atoms with E-state index in [1.54, 1.807) is 43.9 Å². The highest BCUT2D eigenvalue weighted by atomic mass is 32.2. The SMILES string of the molecule is C#CCCN1[C@H]2C[C@@H](C(C)(C)Cc3csc(SC)n3)OC(=O)C[C@H](O)C(C)(C)C(=O)[C@H](C)[C@@H](O)[C@@H](C)CCC[C@]21C. The Morgan fingerprint density at radius 1 is 1.27 bits per heavy atom. The number of hydrogen-bond acceptors (Lipinski definition) is 9. The van der Waals surface area contributed by atoms with E-state index in [-0.39, 0.29) is 29.7 Å². The quantitative estimate of drug-likeness (QED) is 0.193. The van der Waals surface area contributed by atoms with E-state index in [4.69, 9.17) is 16.1 Å². The van der Waals surface area contributed by atoms with Gasteiger partial charge < -0.3 is 14.9 Å². The Morgan fingerprint density at radius 3 is 2.56 bits per heavy atom. The fourth-order valence-electron chi connectivity index (χ4n) is 6.61. The van der Waals surface area contributed by atoms with Crippen LogP contribution in [0.15, 0.2) is 9.72 Å². The number of aliphatic hydroxyl groups is 2. The highest BCUT2D eigenvalue weighted by molar-refractivity contribution is 8.00. The lowest BCUT2D eigenvalue weighted by atomic mass is 9.72. The zero-order valence-corrected chi connectivity index (χ0v) is 27.7. The number of esters is 1. The summed E-state index contributed by atoms with van der Waals surface area (Å²) in [6, 6.07) is 0.195. The Labute approximate surface area is 255 Å². The highest BCUT2D eigenvalue weighted by Crippen LogP contribution is 2.50. The van der Waals surface area contributed by atoms with Crippen LogP contribution in [0.25, 0.3) is 0 Å². The van der Waals surface area contributed by atoms with Gasteiger partial charge in [0, 0.05) is 47.7 Å². The number of ether oxygens (including phenoxy) is 1. The number of aliphatic hydroxyl groups excluding tert-OH is 2. The fraction of sp³-hybridized carbons (Fsp3) is 0.781. The van der Waals surface area contributed by atoms with Crippen LogP contribution in [0.4, 0.5) is 0 Å². The number of rotatable bonds is 6. The Hall–Kier alpha value is -1.44. The van der Waals surface area contributed by atoms with Crippen LogP contribution in [0.1, 0.15) is 92.7 Å². The van der Waals surface area contributed by atoms with Gasteiger partial charge in [0.2, 0.25) is 0 Å². The van der Waals surface area contributed by atoms with Gasteiger partial charge in [-0.05, 0) is 38.4 Å². The second kappa shape index (κ2) is 13.5. The van der Waals surface area contributed by atoms with Crippen LogP contribution >= 0.6 is 23.1 Å². The second-order valence-electron chi connectivity index (χ2n) is 13.7. The first-order valence-corrected chi connectivity index (χ1v) is 17.0. The summed E-state index contributed by atoms with van der Waals surface area (Å²) >= 11 is 3.23. The molecule has 7 nitrogen and oxygen atoms in total. The number of cyclic esters (lactones) is 1. The van der Waals surface area contributed by atoms with Crippen molar-refractivity contribution in [1.29, 1.82) is 0 Å². The van der Waals surface area contributed by atoms with Crippen LogP contribution in [-0.2, 0) is 20.7 Å². The van der Waals surface area contributed by atoms with Crippen molar-refractivity contribution in [3.8, 4) is 12.3 Å². The van der Waals surface area contributed by atoms with Crippen molar-refractivity contribution >= 4 is 34.9 Å². The first-order valence-electron chi connectivity index (χ1n) is 14.9. The molecule has 1 unspecified atom stereocenters. The molecule has 41 heavy (non-hydrogen) atoms. The molecule has 0 spiro atoms. The van der Waals surface area contributed by atoms with Crippen LogP contribution in [-0.4, -0.2) is 74.5 Å². The molecule has 2 aliphatic rings. The maximum atomic E-state index is 13.4. The Balaban J connectivity index is 1.94. The largest absolute Gasteiger partial charge is 0.462 e. The van der Waals surface area contributed by atoms with Crippen molar-refractivity contribution in [1.82, 2.24) is 9.88 Å². The van der Waals surface area contributed by atoms with E-state index in [0.717, 1.165) is 35.8 Å². The molecular weight excluding hydrogens is 556 g/mol. The van der Waals surface area contributed by atoms with Crippen molar-refractivity contribution in [3.05, 3.63) is 11.1 Å². The summed E-state index contributed by atoms with van der Waals surface area (Å²) in [7, 11) is 0. The fourth-order valence-corrected chi connectivity index (χ4v) is 7.89. The summed E-state index contributed by atoms with van der Waals surface area (Å²) in [5.41, 5.74) is -0.745. The van der Waals surface area contributed by atoms with Gasteiger partial charge in [-0.3, -0.25) is 14.5 Å². The third-order valence-electron chi connectivity index (χ3n) is 9.78. The smallest absolute Gasteiger partial charge is 0.308 e. The van der Waals surface area contributed by atoms with Gasteiger partial charge in [0.15, 0.2) is 0 Å². The molecule has 0 bridgehead atoms. The summed E-state index contributed by atoms with van der Waals surface area (Å²) in [6.45, 7) is 14.3. The molecule has 2 fully saturated rings. The monoisotopic (exact) mass is 606 g/mol. The number of thiazole rings is 1. The van der Waals surface area contributed by atoms with E-state index < -0.39 is 41.0 Å². The molecule has 3 rings (SSSR count). The molecule has 3 heterocycles. The molecular formula is C32H50N2O5S2. The van der Waals surface area contributed by atoms with E-state index in [9.17, 15) is 19.8 Å². The third kappa shape index (κ3) is 7.75. The van der Waals surface area contributed by atoms with Gasteiger partial charge >= 0.3 is 5.97 Å².